The number of aromatic nitrogens is 3. The molecule has 1 unspecified atom stereocenters. The van der Waals surface area contributed by atoms with Gasteiger partial charge in [-0.05, 0) is 25.3 Å². The van der Waals surface area contributed by atoms with E-state index in [0.717, 1.165) is 6.42 Å². The quantitative estimate of drug-likeness (QED) is 0.556. The van der Waals surface area contributed by atoms with Crippen molar-refractivity contribution < 1.29 is 9.72 Å². The number of halogens is 1. The summed E-state index contributed by atoms with van der Waals surface area (Å²) in [4.78, 5) is 22.9. The van der Waals surface area contributed by atoms with Crippen LogP contribution in [0.2, 0.25) is 0 Å². The lowest BCUT2D eigenvalue weighted by Gasteiger charge is -2.18. The number of carbonyl (C=O) groups excluding carboxylic acids is 1. The number of nitrogens with two attached hydrogens (primary N) is 1. The van der Waals surface area contributed by atoms with Gasteiger partial charge in [0.2, 0.25) is 0 Å². The second-order valence-electron chi connectivity index (χ2n) is 6.25. The van der Waals surface area contributed by atoms with Gasteiger partial charge in [0.05, 0.1) is 16.3 Å². The maximum atomic E-state index is 12.4. The zero-order valence-corrected chi connectivity index (χ0v) is 15.7. The Hall–Kier alpha value is -2.52. The van der Waals surface area contributed by atoms with Crippen LogP contribution in [0.5, 0.6) is 0 Å². The van der Waals surface area contributed by atoms with Gasteiger partial charge in [0.15, 0.2) is 5.69 Å². The number of carbonyl (C=O) groups is 1. The van der Waals surface area contributed by atoms with Crippen LogP contribution >= 0.6 is 12.4 Å². The molecule has 3 N–H and O–H groups in total. The Bertz CT molecular complexity index is 777. The highest BCUT2D eigenvalue weighted by molar-refractivity contribution is 5.93. The number of non-ortho nitro benzene ring substituents is 1. The minimum atomic E-state index is -0.485. The van der Waals surface area contributed by atoms with Gasteiger partial charge in [-0.2, -0.15) is 0 Å². The normalized spacial score (nSPS) is 11.7. The van der Waals surface area contributed by atoms with Crippen molar-refractivity contribution in [3.63, 3.8) is 0 Å². The van der Waals surface area contributed by atoms with Crippen molar-refractivity contribution in [2.75, 3.05) is 6.54 Å². The Kier molecular flexibility index (Phi) is 7.66. The molecule has 1 amide bonds. The molecule has 1 atom stereocenters. The van der Waals surface area contributed by atoms with Crippen molar-refractivity contribution in [1.29, 1.82) is 0 Å². The first-order valence-electron chi connectivity index (χ1n) is 8.01. The third kappa shape index (κ3) is 4.99. The Morgan fingerprint density at radius 3 is 2.69 bits per heavy atom. The van der Waals surface area contributed by atoms with Crippen molar-refractivity contribution in [2.45, 2.75) is 33.2 Å². The van der Waals surface area contributed by atoms with Crippen LogP contribution in [-0.4, -0.2) is 38.4 Å². The monoisotopic (exact) mass is 382 g/mol. The molecule has 0 radical (unpaired) electrons. The van der Waals surface area contributed by atoms with Crippen molar-refractivity contribution in [1.82, 2.24) is 20.3 Å². The van der Waals surface area contributed by atoms with Gasteiger partial charge >= 0.3 is 0 Å². The van der Waals surface area contributed by atoms with Crippen LogP contribution in [-0.2, 0) is 0 Å². The Labute approximate surface area is 157 Å². The molecule has 1 aromatic heterocycles. The molecule has 9 nitrogen and oxygen atoms in total. The lowest BCUT2D eigenvalue weighted by Crippen LogP contribution is -2.41. The summed E-state index contributed by atoms with van der Waals surface area (Å²) >= 11 is 0. The van der Waals surface area contributed by atoms with Crippen LogP contribution < -0.4 is 11.1 Å². The SMILES string of the molecule is Cc1c(C(=O)NC(CN)CC(C)C)nnn1-c1cccc([N+](=O)[O-])c1.Cl. The lowest BCUT2D eigenvalue weighted by molar-refractivity contribution is -0.384. The molecule has 0 saturated heterocycles. The number of amides is 1. The third-order valence-electron chi connectivity index (χ3n) is 3.77. The molecule has 26 heavy (non-hydrogen) atoms. The standard InChI is InChI=1S/C16H22N6O3.ClH/c1-10(2)7-12(9-17)18-16(23)15-11(3)21(20-19-15)13-5-4-6-14(8-13)22(24)25;/h4-6,8,10,12H,7,9,17H2,1-3H3,(H,18,23);1H. The zero-order chi connectivity index (χ0) is 18.6. The van der Waals surface area contributed by atoms with Crippen LogP contribution in [0.4, 0.5) is 5.69 Å². The number of benzene rings is 1. The van der Waals surface area contributed by atoms with Gasteiger partial charge in [-0.3, -0.25) is 14.9 Å². The van der Waals surface area contributed by atoms with E-state index in [9.17, 15) is 14.9 Å². The van der Waals surface area contributed by atoms with E-state index in [0.29, 0.717) is 23.8 Å². The summed E-state index contributed by atoms with van der Waals surface area (Å²) in [7, 11) is 0. The van der Waals surface area contributed by atoms with Crippen LogP contribution in [0, 0.1) is 23.0 Å². The van der Waals surface area contributed by atoms with Crippen LogP contribution in [0.1, 0.15) is 36.5 Å². The van der Waals surface area contributed by atoms with Gasteiger partial charge in [-0.25, -0.2) is 4.68 Å². The number of nitrogens with one attached hydrogen (secondary N) is 1. The molecule has 142 valence electrons. The summed E-state index contributed by atoms with van der Waals surface area (Å²) in [5.74, 6) is 0.0424. The van der Waals surface area contributed by atoms with Gasteiger partial charge in [-0.1, -0.05) is 25.1 Å². The first-order chi connectivity index (χ1) is 11.8. The number of hydrogen-bond donors (Lipinski definition) is 2. The molecule has 2 rings (SSSR count). The molecule has 0 spiro atoms. The average molecular weight is 383 g/mol. The van der Waals surface area contributed by atoms with E-state index in [4.69, 9.17) is 5.73 Å². The zero-order valence-electron chi connectivity index (χ0n) is 14.9. The van der Waals surface area contributed by atoms with E-state index in [1.807, 2.05) is 0 Å². The van der Waals surface area contributed by atoms with E-state index < -0.39 is 4.92 Å². The number of hydrogen-bond acceptors (Lipinski definition) is 6. The van der Waals surface area contributed by atoms with E-state index in [1.165, 1.54) is 16.8 Å². The first kappa shape index (κ1) is 21.5. The summed E-state index contributed by atoms with van der Waals surface area (Å²) in [6, 6.07) is 5.85. The molecule has 0 aliphatic rings. The van der Waals surface area contributed by atoms with Gasteiger partial charge in [-0.15, -0.1) is 17.5 Å². The average Bonchev–Trinajstić information content (AvgIpc) is 2.95. The van der Waals surface area contributed by atoms with Crippen LogP contribution in [0.3, 0.4) is 0 Å². The minimum absolute atomic E-state index is 0. The van der Waals surface area contributed by atoms with Crippen molar-refractivity contribution >= 4 is 24.0 Å². The summed E-state index contributed by atoms with van der Waals surface area (Å²) < 4.78 is 1.40. The fourth-order valence-electron chi connectivity index (χ4n) is 2.56. The first-order valence-corrected chi connectivity index (χ1v) is 8.01. The molecular formula is C16H23ClN6O3. The topological polar surface area (TPSA) is 129 Å². The maximum absolute atomic E-state index is 12.4. The number of rotatable bonds is 7. The van der Waals surface area contributed by atoms with Gasteiger partial charge < -0.3 is 11.1 Å². The van der Waals surface area contributed by atoms with E-state index in [1.54, 1.807) is 19.1 Å². The Morgan fingerprint density at radius 2 is 2.12 bits per heavy atom. The minimum Gasteiger partial charge on any atom is -0.347 e. The van der Waals surface area contributed by atoms with Crippen molar-refractivity contribution in [3.8, 4) is 5.69 Å². The Morgan fingerprint density at radius 1 is 1.42 bits per heavy atom. The molecule has 2 aromatic rings. The summed E-state index contributed by atoms with van der Waals surface area (Å²) in [5, 5.41) is 21.6. The predicted octanol–water partition coefficient (Wildman–Crippen LogP) is 2.01. The lowest BCUT2D eigenvalue weighted by atomic mass is 10.0. The van der Waals surface area contributed by atoms with Gasteiger partial charge in [0.25, 0.3) is 11.6 Å². The van der Waals surface area contributed by atoms with Crippen molar-refractivity contribution in [3.05, 3.63) is 45.8 Å². The number of nitro benzene ring substituents is 1. The predicted molar refractivity (Wildman–Crippen MR) is 99.8 cm³/mol. The molecule has 0 aliphatic carbocycles. The Balaban J connectivity index is 0.00000338. The van der Waals surface area contributed by atoms with Crippen molar-refractivity contribution in [2.24, 2.45) is 11.7 Å². The molecule has 0 fully saturated rings. The number of nitrogens with zero attached hydrogens (tertiary/aromatic N) is 4. The summed E-state index contributed by atoms with van der Waals surface area (Å²) in [6.45, 7) is 6.13. The molecular weight excluding hydrogens is 360 g/mol. The van der Waals surface area contributed by atoms with E-state index >= 15 is 0 Å². The van der Waals surface area contributed by atoms with E-state index in [2.05, 4.69) is 29.5 Å². The second kappa shape index (κ2) is 9.25. The van der Waals surface area contributed by atoms with E-state index in [-0.39, 0.29) is 35.7 Å². The second-order valence-corrected chi connectivity index (χ2v) is 6.25. The molecule has 1 heterocycles. The fraction of sp³-hybridized carbons (Fsp3) is 0.438. The molecule has 1 aromatic carbocycles. The smallest absolute Gasteiger partial charge is 0.274 e. The number of nitro groups is 1. The highest BCUT2D eigenvalue weighted by Crippen LogP contribution is 2.18. The van der Waals surface area contributed by atoms with Crippen LogP contribution in [0.25, 0.3) is 5.69 Å². The highest BCUT2D eigenvalue weighted by Gasteiger charge is 2.21. The molecule has 0 bridgehead atoms. The largest absolute Gasteiger partial charge is 0.347 e. The summed E-state index contributed by atoms with van der Waals surface area (Å²) in [6.07, 6.45) is 0.764. The van der Waals surface area contributed by atoms with Gasteiger partial charge in [0.1, 0.15) is 0 Å². The highest BCUT2D eigenvalue weighted by atomic mass is 35.5. The third-order valence-corrected chi connectivity index (χ3v) is 3.77. The maximum Gasteiger partial charge on any atom is 0.274 e. The summed E-state index contributed by atoms with van der Waals surface area (Å²) in [5.41, 5.74) is 6.79. The van der Waals surface area contributed by atoms with Gasteiger partial charge in [0, 0.05) is 24.7 Å². The molecule has 0 saturated carbocycles. The molecule has 0 aliphatic heterocycles. The van der Waals surface area contributed by atoms with Crippen LogP contribution in [0.15, 0.2) is 24.3 Å². The molecule has 10 heteroatoms. The fourth-order valence-corrected chi connectivity index (χ4v) is 2.56.